The lowest BCUT2D eigenvalue weighted by atomic mass is 9.93. The minimum Gasteiger partial charge on any atom is -0.406 e. The van der Waals surface area contributed by atoms with Crippen molar-refractivity contribution in [2.24, 2.45) is 0 Å². The Morgan fingerprint density at radius 2 is 1.89 bits per heavy atom. The van der Waals surface area contributed by atoms with Gasteiger partial charge in [0.1, 0.15) is 11.6 Å². The number of hydrogen-bond acceptors (Lipinski definition) is 3. The minimum atomic E-state index is -4.71. The molecule has 9 heteroatoms. The second-order valence-corrected chi connectivity index (χ2v) is 6.72. The number of benzene rings is 1. The molecule has 0 saturated carbocycles. The van der Waals surface area contributed by atoms with Gasteiger partial charge in [-0.3, -0.25) is 4.79 Å². The average Bonchev–Trinajstić information content (AvgIpc) is 3.02. The molecule has 2 heterocycles. The van der Waals surface area contributed by atoms with Gasteiger partial charge >= 0.3 is 6.36 Å². The van der Waals surface area contributed by atoms with Crippen molar-refractivity contribution in [1.82, 2.24) is 14.7 Å². The second kappa shape index (κ2) is 7.80. The number of aryl methyl sites for hydroxylation is 1. The quantitative estimate of drug-likeness (QED) is 0.727. The largest absolute Gasteiger partial charge is 0.573 e. The molecule has 1 fully saturated rings. The molecule has 0 aliphatic carbocycles. The first-order valence-corrected chi connectivity index (χ1v) is 9.07. The maximum atomic E-state index is 12.3. The molecule has 0 spiro atoms. The third-order valence-corrected chi connectivity index (χ3v) is 4.83. The lowest BCUT2D eigenvalue weighted by Crippen LogP contribution is -2.38. The SMILES string of the molecule is Cc1cc(C2CCN(C(=O)CCl)CC2)nn1-c1ccc(OC(F)(F)F)cc1. The molecular formula is C18H19ClF3N3O2. The first-order valence-electron chi connectivity index (χ1n) is 8.53. The summed E-state index contributed by atoms with van der Waals surface area (Å²) in [4.78, 5) is 13.4. The average molecular weight is 402 g/mol. The molecule has 1 aliphatic heterocycles. The number of piperidine rings is 1. The van der Waals surface area contributed by atoms with E-state index in [1.807, 2.05) is 13.0 Å². The first-order chi connectivity index (χ1) is 12.8. The molecule has 0 atom stereocenters. The van der Waals surface area contributed by atoms with Gasteiger partial charge in [-0.1, -0.05) is 0 Å². The number of halogens is 4. The minimum absolute atomic E-state index is 0.00749. The van der Waals surface area contributed by atoms with Crippen LogP contribution in [0.15, 0.2) is 30.3 Å². The third kappa shape index (κ3) is 4.74. The van der Waals surface area contributed by atoms with E-state index in [4.69, 9.17) is 11.6 Å². The molecule has 0 bridgehead atoms. The van der Waals surface area contributed by atoms with Crippen LogP contribution in [0.3, 0.4) is 0 Å². The zero-order valence-electron chi connectivity index (χ0n) is 14.7. The van der Waals surface area contributed by atoms with Gasteiger partial charge in [-0.25, -0.2) is 4.68 Å². The molecule has 1 amide bonds. The Morgan fingerprint density at radius 1 is 1.26 bits per heavy atom. The number of likely N-dealkylation sites (tertiary alicyclic amines) is 1. The highest BCUT2D eigenvalue weighted by atomic mass is 35.5. The summed E-state index contributed by atoms with van der Waals surface area (Å²) in [6, 6.07) is 7.57. The van der Waals surface area contributed by atoms with Crippen LogP contribution in [0.25, 0.3) is 5.69 Å². The summed E-state index contributed by atoms with van der Waals surface area (Å²) in [7, 11) is 0. The maximum Gasteiger partial charge on any atom is 0.573 e. The Balaban J connectivity index is 1.71. The van der Waals surface area contributed by atoms with Crippen LogP contribution in [0.5, 0.6) is 5.75 Å². The highest BCUT2D eigenvalue weighted by Gasteiger charge is 2.31. The highest BCUT2D eigenvalue weighted by Crippen LogP contribution is 2.29. The fourth-order valence-electron chi connectivity index (χ4n) is 3.26. The lowest BCUT2D eigenvalue weighted by molar-refractivity contribution is -0.274. The molecule has 0 N–H and O–H groups in total. The molecule has 5 nitrogen and oxygen atoms in total. The van der Waals surface area contributed by atoms with Crippen molar-refractivity contribution in [3.8, 4) is 11.4 Å². The van der Waals surface area contributed by atoms with E-state index in [-0.39, 0.29) is 23.5 Å². The van der Waals surface area contributed by atoms with Gasteiger partial charge in [0.15, 0.2) is 0 Å². The number of carbonyl (C=O) groups is 1. The van der Waals surface area contributed by atoms with Gasteiger partial charge in [0.2, 0.25) is 5.91 Å². The molecule has 2 aromatic rings. The van der Waals surface area contributed by atoms with Crippen molar-refractivity contribution in [1.29, 1.82) is 0 Å². The van der Waals surface area contributed by atoms with Crippen molar-refractivity contribution >= 4 is 17.5 Å². The van der Waals surface area contributed by atoms with Crippen LogP contribution in [-0.4, -0.2) is 45.9 Å². The first kappa shape index (κ1) is 19.5. The number of nitrogens with zero attached hydrogens (tertiary/aromatic N) is 3. The Labute approximate surface area is 159 Å². The molecule has 1 aromatic heterocycles. The molecule has 3 rings (SSSR count). The second-order valence-electron chi connectivity index (χ2n) is 6.45. The Kier molecular flexibility index (Phi) is 5.64. The predicted molar refractivity (Wildman–Crippen MR) is 94.3 cm³/mol. The number of aromatic nitrogens is 2. The number of ether oxygens (including phenoxy) is 1. The van der Waals surface area contributed by atoms with Crippen molar-refractivity contribution < 1.29 is 22.7 Å². The lowest BCUT2D eigenvalue weighted by Gasteiger charge is -2.30. The van der Waals surface area contributed by atoms with E-state index < -0.39 is 6.36 Å². The van der Waals surface area contributed by atoms with Crippen molar-refractivity contribution in [3.05, 3.63) is 41.7 Å². The molecule has 0 unspecified atom stereocenters. The fraction of sp³-hybridized carbons (Fsp3) is 0.444. The number of hydrogen-bond donors (Lipinski definition) is 0. The zero-order valence-corrected chi connectivity index (χ0v) is 15.4. The van der Waals surface area contributed by atoms with Crippen molar-refractivity contribution in [2.75, 3.05) is 19.0 Å². The predicted octanol–water partition coefficient (Wildman–Crippen LogP) is 4.02. The Bertz CT molecular complexity index is 797. The van der Waals surface area contributed by atoms with E-state index in [9.17, 15) is 18.0 Å². The molecule has 1 aromatic carbocycles. The summed E-state index contributed by atoms with van der Waals surface area (Å²) in [5.41, 5.74) is 2.46. The molecule has 146 valence electrons. The molecule has 27 heavy (non-hydrogen) atoms. The number of rotatable bonds is 4. The van der Waals surface area contributed by atoms with Crippen LogP contribution in [0.4, 0.5) is 13.2 Å². The monoisotopic (exact) mass is 401 g/mol. The van der Waals surface area contributed by atoms with Crippen molar-refractivity contribution in [3.63, 3.8) is 0 Å². The van der Waals surface area contributed by atoms with Gasteiger partial charge in [-0.2, -0.15) is 5.10 Å². The summed E-state index contributed by atoms with van der Waals surface area (Å²) in [5.74, 6) is -0.102. The van der Waals surface area contributed by atoms with E-state index in [0.717, 1.165) is 24.2 Å². The van der Waals surface area contributed by atoms with E-state index in [2.05, 4.69) is 9.84 Å². The van der Waals surface area contributed by atoms with E-state index >= 15 is 0 Å². The highest BCUT2D eigenvalue weighted by molar-refractivity contribution is 6.27. The summed E-state index contributed by atoms with van der Waals surface area (Å²) in [6.45, 7) is 3.18. The van der Waals surface area contributed by atoms with Gasteiger partial charge in [0.05, 0.1) is 11.4 Å². The standard InChI is InChI=1S/C18H19ClF3N3O2/c1-12-10-16(13-6-8-24(9-7-13)17(26)11-19)23-25(12)14-2-4-15(5-3-14)27-18(20,21)22/h2-5,10,13H,6-9,11H2,1H3. The van der Waals surface area contributed by atoms with Crippen LogP contribution < -0.4 is 4.74 Å². The van der Waals surface area contributed by atoms with Gasteiger partial charge in [-0.15, -0.1) is 24.8 Å². The van der Waals surface area contributed by atoms with Gasteiger partial charge in [-0.05, 0) is 50.1 Å². The molecule has 0 radical (unpaired) electrons. The summed E-state index contributed by atoms with van der Waals surface area (Å²) in [6.07, 6.45) is -3.11. The van der Waals surface area contributed by atoms with E-state index in [0.29, 0.717) is 18.8 Å². The van der Waals surface area contributed by atoms with Crippen molar-refractivity contribution in [2.45, 2.75) is 32.0 Å². The topological polar surface area (TPSA) is 47.4 Å². The Hall–Kier alpha value is -2.22. The number of amides is 1. The van der Waals surface area contributed by atoms with Crippen LogP contribution in [0.2, 0.25) is 0 Å². The smallest absolute Gasteiger partial charge is 0.406 e. The zero-order chi connectivity index (χ0) is 19.6. The van der Waals surface area contributed by atoms with Crippen LogP contribution in [-0.2, 0) is 4.79 Å². The number of carbonyl (C=O) groups excluding carboxylic acids is 1. The Morgan fingerprint density at radius 3 is 2.44 bits per heavy atom. The summed E-state index contributed by atoms with van der Waals surface area (Å²) < 4.78 is 42.4. The summed E-state index contributed by atoms with van der Waals surface area (Å²) >= 11 is 5.60. The molecule has 1 aliphatic rings. The fourth-order valence-corrected chi connectivity index (χ4v) is 3.43. The van der Waals surface area contributed by atoms with Gasteiger partial charge in [0.25, 0.3) is 0 Å². The van der Waals surface area contributed by atoms with Crippen LogP contribution in [0, 0.1) is 6.92 Å². The summed E-state index contributed by atoms with van der Waals surface area (Å²) in [5, 5.41) is 4.62. The van der Waals surface area contributed by atoms with Gasteiger partial charge < -0.3 is 9.64 Å². The van der Waals surface area contributed by atoms with Gasteiger partial charge in [0, 0.05) is 24.7 Å². The molecule has 1 saturated heterocycles. The molecular weight excluding hydrogens is 383 g/mol. The maximum absolute atomic E-state index is 12.3. The van der Waals surface area contributed by atoms with E-state index in [1.54, 1.807) is 9.58 Å². The van der Waals surface area contributed by atoms with Crippen LogP contribution in [0.1, 0.15) is 30.1 Å². The van der Waals surface area contributed by atoms with Crippen LogP contribution >= 0.6 is 11.6 Å². The van der Waals surface area contributed by atoms with E-state index in [1.165, 1.54) is 24.3 Å². The number of alkyl halides is 4. The normalized spacial score (nSPS) is 15.8. The third-order valence-electron chi connectivity index (χ3n) is 4.60.